The number of rotatable bonds is 12. The molecule has 354 valence electrons. The zero-order valence-electron chi connectivity index (χ0n) is 35.4. The van der Waals surface area contributed by atoms with Crippen molar-refractivity contribution >= 4 is 23.3 Å². The number of benzene rings is 4. The second-order valence-corrected chi connectivity index (χ2v) is 16.1. The minimum atomic E-state index is -4.98. The van der Waals surface area contributed by atoms with Gasteiger partial charge in [0.05, 0.1) is 64.7 Å². The first-order valence-electron chi connectivity index (χ1n) is 20.0. The summed E-state index contributed by atoms with van der Waals surface area (Å²) < 4.78 is 170. The van der Waals surface area contributed by atoms with Gasteiger partial charge in [0.25, 0.3) is 0 Å². The normalized spacial score (nSPS) is 21.1. The van der Waals surface area contributed by atoms with Crippen LogP contribution >= 0.6 is 0 Å². The number of amides is 1. The molecule has 66 heavy (non-hydrogen) atoms. The first-order valence-corrected chi connectivity index (χ1v) is 20.0. The van der Waals surface area contributed by atoms with Gasteiger partial charge in [0.2, 0.25) is 5.91 Å². The van der Waals surface area contributed by atoms with Crippen molar-refractivity contribution in [3.8, 4) is 0 Å². The van der Waals surface area contributed by atoms with Gasteiger partial charge >= 0.3 is 24.7 Å². The summed E-state index contributed by atoms with van der Waals surface area (Å²) >= 11 is 0. The van der Waals surface area contributed by atoms with Crippen molar-refractivity contribution in [2.75, 3.05) is 13.2 Å². The van der Waals surface area contributed by atoms with Gasteiger partial charge in [-0.2, -0.15) is 52.7 Å². The number of alkyl halides is 12. The Kier molecular flexibility index (Phi) is 14.9. The number of nitrogens with one attached hydrogen (secondary N) is 1. The Morgan fingerprint density at radius 3 is 1.36 bits per heavy atom. The summed E-state index contributed by atoms with van der Waals surface area (Å²) in [4.78, 5) is 48.6. The van der Waals surface area contributed by atoms with Crippen molar-refractivity contribution in [1.29, 1.82) is 0 Å². The van der Waals surface area contributed by atoms with Gasteiger partial charge < -0.3 is 14.8 Å². The summed E-state index contributed by atoms with van der Waals surface area (Å²) in [7, 11) is 0. The molecule has 1 N–H and O–H groups in total. The monoisotopic (exact) mass is 943 g/mol. The maximum atomic E-state index is 13.2. The predicted octanol–water partition coefficient (Wildman–Crippen LogP) is 11.7. The second-order valence-electron chi connectivity index (χ2n) is 16.1. The Balaban J connectivity index is 0.000000247. The average molecular weight is 944 g/mol. The number of carbonyl (C=O) groups excluding carboxylic acids is 4. The van der Waals surface area contributed by atoms with Crippen LogP contribution in [-0.2, 0) is 64.3 Å². The van der Waals surface area contributed by atoms with Gasteiger partial charge in [0.15, 0.2) is 11.6 Å². The van der Waals surface area contributed by atoms with Gasteiger partial charge in [0, 0.05) is 11.8 Å². The van der Waals surface area contributed by atoms with E-state index in [4.69, 9.17) is 9.47 Å². The van der Waals surface area contributed by atoms with Crippen LogP contribution in [0.15, 0.2) is 109 Å². The molecule has 1 aliphatic heterocycles. The smallest absolute Gasteiger partial charge is 0.373 e. The molecule has 1 unspecified atom stereocenters. The van der Waals surface area contributed by atoms with Gasteiger partial charge in [-0.25, -0.2) is 0 Å². The number of halogens is 12. The molecule has 1 heterocycles. The summed E-state index contributed by atoms with van der Waals surface area (Å²) in [6.07, 6.45) is -20.8. The lowest BCUT2D eigenvalue weighted by atomic mass is 9.80. The summed E-state index contributed by atoms with van der Waals surface area (Å²) in [6.45, 7) is 4.70. The van der Waals surface area contributed by atoms with E-state index in [1.165, 1.54) is 33.8 Å². The molecule has 4 aromatic rings. The molecule has 7 nitrogen and oxygen atoms in total. The Labute approximate surface area is 370 Å². The fourth-order valence-electron chi connectivity index (χ4n) is 7.65. The molecule has 2 aliphatic rings. The summed E-state index contributed by atoms with van der Waals surface area (Å²) in [5.74, 6) is -2.64. The number of Topliss-reactive ketones (excluding diaryl/α,β-unsaturated/α-hetero) is 3. The van der Waals surface area contributed by atoms with Crippen molar-refractivity contribution in [3.63, 3.8) is 0 Å². The lowest BCUT2D eigenvalue weighted by Crippen LogP contribution is -2.43. The first kappa shape index (κ1) is 51.2. The van der Waals surface area contributed by atoms with Crippen molar-refractivity contribution in [2.24, 2.45) is 5.92 Å². The molecule has 1 saturated heterocycles. The van der Waals surface area contributed by atoms with E-state index in [-0.39, 0.29) is 60.7 Å². The summed E-state index contributed by atoms with van der Waals surface area (Å²) in [6, 6.07) is 19.7. The van der Waals surface area contributed by atoms with Gasteiger partial charge in [-0.15, -0.1) is 0 Å². The lowest BCUT2D eigenvalue weighted by Gasteiger charge is -2.31. The van der Waals surface area contributed by atoms with Crippen molar-refractivity contribution in [3.05, 3.63) is 153 Å². The number of ether oxygens (including phenoxy) is 2. The molecule has 4 aromatic carbocycles. The maximum Gasteiger partial charge on any atom is 0.416 e. The molecule has 1 amide bonds. The molecule has 0 saturated carbocycles. The zero-order valence-corrected chi connectivity index (χ0v) is 35.4. The summed E-state index contributed by atoms with van der Waals surface area (Å²) in [5, 5.41) is 2.75. The highest BCUT2D eigenvalue weighted by molar-refractivity contribution is 6.21. The largest absolute Gasteiger partial charge is 0.416 e. The van der Waals surface area contributed by atoms with Crippen LogP contribution in [0.3, 0.4) is 0 Å². The Morgan fingerprint density at radius 1 is 0.621 bits per heavy atom. The number of hydrogen-bond donors (Lipinski definition) is 1. The second kappa shape index (κ2) is 19.2. The van der Waals surface area contributed by atoms with Crippen molar-refractivity contribution in [2.45, 2.75) is 88.4 Å². The van der Waals surface area contributed by atoms with Gasteiger partial charge in [-0.1, -0.05) is 66.7 Å². The molecule has 1 fully saturated rings. The third-order valence-corrected chi connectivity index (χ3v) is 11.3. The SMILES string of the molecule is CC(=O)C1=C[C@@](CO[C@H](C)c2cc(C(F)(F)F)cc(C(F)(F)F)c2)(c2ccccc2)CC1=O.CC(=O)C1C[C@@](CO[C@H](C)c2cc(C(F)(F)F)cc(C(F)(F)F)c2)(c2ccccc2)NC1=O. The van der Waals surface area contributed by atoms with Crippen molar-refractivity contribution in [1.82, 2.24) is 5.32 Å². The average Bonchev–Trinajstić information content (AvgIpc) is 3.78. The highest BCUT2D eigenvalue weighted by atomic mass is 19.4. The topological polar surface area (TPSA) is 98.8 Å². The standard InChI is InChI=1S/C24H20F6O3.C23H21F6NO3/c1-14(31)20-11-22(12-21(20)32,17-6-4-3-5-7-17)13-33-15(2)16-8-18(23(25,26)27)10-19(9-16)24(28,29)30;1-13(31)19-11-21(30-20(19)32,16-6-4-3-5-7-16)12-33-14(2)15-8-17(22(24,25)26)10-18(9-15)23(27,28)29/h3-11,15H,12-13H2,1-2H3;3-10,14,19H,11-12H2,1-2H3,(H,30,32)/t15-,22-;14-,19?,21-/m11/s1. The van der Waals surface area contributed by atoms with E-state index < -0.39 is 93.5 Å². The van der Waals surface area contributed by atoms with E-state index in [0.717, 1.165) is 0 Å². The number of ketones is 3. The van der Waals surface area contributed by atoms with E-state index in [2.05, 4.69) is 5.32 Å². The highest BCUT2D eigenvalue weighted by Crippen LogP contribution is 2.43. The highest BCUT2D eigenvalue weighted by Gasteiger charge is 2.48. The molecule has 0 radical (unpaired) electrons. The molecule has 6 rings (SSSR count). The molecule has 0 aromatic heterocycles. The third-order valence-electron chi connectivity index (χ3n) is 11.3. The molecule has 1 aliphatic carbocycles. The number of hydrogen-bond acceptors (Lipinski definition) is 6. The van der Waals surface area contributed by atoms with Gasteiger partial charge in [-0.05, 0) is 92.8 Å². The minimum Gasteiger partial charge on any atom is -0.373 e. The van der Waals surface area contributed by atoms with Gasteiger partial charge in [0.1, 0.15) is 5.78 Å². The predicted molar refractivity (Wildman–Crippen MR) is 213 cm³/mol. The Morgan fingerprint density at radius 2 is 1.02 bits per heavy atom. The fourth-order valence-corrected chi connectivity index (χ4v) is 7.65. The van der Waals surface area contributed by atoms with Crippen LogP contribution in [0.25, 0.3) is 0 Å². The quantitative estimate of drug-likeness (QED) is 0.0863. The van der Waals surface area contributed by atoms with Crippen LogP contribution in [-0.4, -0.2) is 36.5 Å². The Hall–Kier alpha value is -5.82. The van der Waals surface area contributed by atoms with Crippen LogP contribution in [0, 0.1) is 5.92 Å². The maximum absolute atomic E-state index is 13.2. The van der Waals surface area contributed by atoms with Gasteiger partial charge in [-0.3, -0.25) is 19.2 Å². The van der Waals surface area contributed by atoms with Crippen LogP contribution in [0.4, 0.5) is 52.7 Å². The van der Waals surface area contributed by atoms with Crippen LogP contribution in [0.5, 0.6) is 0 Å². The Bertz CT molecular complexity index is 2400. The van der Waals surface area contributed by atoms with E-state index in [1.807, 2.05) is 0 Å². The summed E-state index contributed by atoms with van der Waals surface area (Å²) in [5.41, 5.74) is -7.35. The number of carbonyl (C=O) groups is 4. The lowest BCUT2D eigenvalue weighted by molar-refractivity contribution is -0.144. The van der Waals surface area contributed by atoms with E-state index >= 15 is 0 Å². The molecular weight excluding hydrogens is 902 g/mol. The first-order chi connectivity index (χ1) is 30.5. The van der Waals surface area contributed by atoms with Crippen molar-refractivity contribution < 1.29 is 81.3 Å². The van der Waals surface area contributed by atoms with Crippen LogP contribution in [0.2, 0.25) is 0 Å². The van der Waals surface area contributed by atoms with Crippen LogP contribution < -0.4 is 5.32 Å². The zero-order chi connectivity index (χ0) is 49.2. The van der Waals surface area contributed by atoms with E-state index in [0.29, 0.717) is 35.4 Å². The van der Waals surface area contributed by atoms with Crippen LogP contribution in [0.1, 0.15) is 97.3 Å². The number of allylic oxidation sites excluding steroid dienone is 1. The third kappa shape index (κ3) is 11.9. The molecule has 5 atom stereocenters. The van der Waals surface area contributed by atoms with E-state index in [9.17, 15) is 71.9 Å². The molecule has 0 spiro atoms. The molecule has 0 bridgehead atoms. The fraction of sp³-hybridized carbons (Fsp3) is 0.362. The molecule has 19 heteroatoms. The van der Waals surface area contributed by atoms with E-state index in [1.54, 1.807) is 60.7 Å². The minimum absolute atomic E-state index is 0.00599. The molecular formula is C47H41F12NO6.